The van der Waals surface area contributed by atoms with Gasteiger partial charge in [0, 0.05) is 37.7 Å². The fourth-order valence-corrected chi connectivity index (χ4v) is 2.26. The van der Waals surface area contributed by atoms with Crippen molar-refractivity contribution in [2.24, 2.45) is 0 Å². The maximum absolute atomic E-state index is 13.7. The monoisotopic (exact) mass is 315 g/mol. The molecule has 2 rings (SSSR count). The highest BCUT2D eigenvalue weighted by molar-refractivity contribution is 9.10. The Labute approximate surface area is 114 Å². The van der Waals surface area contributed by atoms with Crippen LogP contribution in [-0.2, 0) is 0 Å². The number of amides is 2. The molecule has 1 saturated heterocycles. The zero-order chi connectivity index (χ0) is 13.1. The second-order valence-corrected chi connectivity index (χ2v) is 5.09. The largest absolute Gasteiger partial charge is 0.324 e. The number of halogens is 2. The molecule has 18 heavy (non-hydrogen) atoms. The number of carbonyl (C=O) groups excluding carboxylic acids is 1. The fourth-order valence-electron chi connectivity index (χ4n) is 1.91. The van der Waals surface area contributed by atoms with Gasteiger partial charge in [-0.2, -0.15) is 0 Å². The molecule has 2 amide bonds. The maximum atomic E-state index is 13.7. The Hall–Kier alpha value is -1.14. The van der Waals surface area contributed by atoms with Gasteiger partial charge in [0.1, 0.15) is 5.82 Å². The van der Waals surface area contributed by atoms with Crippen LogP contribution in [-0.4, -0.2) is 44.2 Å². The van der Waals surface area contributed by atoms with Gasteiger partial charge in [0.15, 0.2) is 0 Å². The molecular weight excluding hydrogens is 301 g/mol. The van der Waals surface area contributed by atoms with Gasteiger partial charge in [-0.15, -0.1) is 0 Å². The number of carbonyl (C=O) groups is 1. The Kier molecular flexibility index (Phi) is 4.19. The molecule has 1 aliphatic rings. The van der Waals surface area contributed by atoms with E-state index in [4.69, 9.17) is 0 Å². The van der Waals surface area contributed by atoms with Gasteiger partial charge in [-0.3, -0.25) is 4.90 Å². The maximum Gasteiger partial charge on any atom is 0.324 e. The van der Waals surface area contributed by atoms with Crippen molar-refractivity contribution in [3.63, 3.8) is 0 Å². The van der Waals surface area contributed by atoms with E-state index in [0.717, 1.165) is 17.6 Å². The predicted octanol–water partition coefficient (Wildman–Crippen LogP) is 2.05. The van der Waals surface area contributed by atoms with E-state index in [1.165, 1.54) is 11.0 Å². The van der Waals surface area contributed by atoms with Crippen LogP contribution < -0.4 is 10.2 Å². The van der Waals surface area contributed by atoms with E-state index in [9.17, 15) is 9.18 Å². The summed E-state index contributed by atoms with van der Waals surface area (Å²) in [5.41, 5.74) is 0.285. The molecule has 0 aliphatic carbocycles. The van der Waals surface area contributed by atoms with Crippen molar-refractivity contribution in [1.29, 1.82) is 0 Å². The summed E-state index contributed by atoms with van der Waals surface area (Å²) in [5, 5.41) is 3.17. The summed E-state index contributed by atoms with van der Waals surface area (Å²) in [6.07, 6.45) is 0. The van der Waals surface area contributed by atoms with Crippen LogP contribution in [0.4, 0.5) is 14.9 Å². The van der Waals surface area contributed by atoms with Crippen molar-refractivity contribution in [3.8, 4) is 0 Å². The topological polar surface area (TPSA) is 35.6 Å². The highest BCUT2D eigenvalue weighted by Gasteiger charge is 2.22. The lowest BCUT2D eigenvalue weighted by atomic mass is 10.3. The molecule has 1 heterocycles. The normalized spacial score (nSPS) is 15.6. The SMILES string of the molecule is CN(C(=O)N1CCNCC1)c1cc(Br)ccc1F. The van der Waals surface area contributed by atoms with Gasteiger partial charge in [-0.05, 0) is 18.2 Å². The number of anilines is 1. The van der Waals surface area contributed by atoms with Crippen molar-refractivity contribution >= 4 is 27.6 Å². The summed E-state index contributed by atoms with van der Waals surface area (Å²) in [6, 6.07) is 4.40. The van der Waals surface area contributed by atoms with Crippen molar-refractivity contribution in [3.05, 3.63) is 28.5 Å². The molecular formula is C12H15BrFN3O. The van der Waals surface area contributed by atoms with E-state index >= 15 is 0 Å². The Morgan fingerprint density at radius 1 is 1.44 bits per heavy atom. The number of benzene rings is 1. The van der Waals surface area contributed by atoms with Gasteiger partial charge in [-0.1, -0.05) is 15.9 Å². The summed E-state index contributed by atoms with van der Waals surface area (Å²) in [7, 11) is 1.59. The number of hydrogen-bond acceptors (Lipinski definition) is 2. The van der Waals surface area contributed by atoms with E-state index in [2.05, 4.69) is 21.2 Å². The van der Waals surface area contributed by atoms with Gasteiger partial charge >= 0.3 is 6.03 Å². The molecule has 0 bridgehead atoms. The third-order valence-electron chi connectivity index (χ3n) is 2.94. The molecule has 0 saturated carbocycles. The molecule has 4 nitrogen and oxygen atoms in total. The van der Waals surface area contributed by atoms with Crippen molar-refractivity contribution in [2.45, 2.75) is 0 Å². The second-order valence-electron chi connectivity index (χ2n) is 4.17. The minimum absolute atomic E-state index is 0.173. The van der Waals surface area contributed by atoms with Crippen LogP contribution in [0.25, 0.3) is 0 Å². The van der Waals surface area contributed by atoms with Gasteiger partial charge in [-0.25, -0.2) is 9.18 Å². The van der Waals surface area contributed by atoms with E-state index in [-0.39, 0.29) is 11.7 Å². The van der Waals surface area contributed by atoms with Crippen LogP contribution in [0.1, 0.15) is 0 Å². The Bertz CT molecular complexity index is 449. The number of urea groups is 1. The molecule has 1 aliphatic heterocycles. The highest BCUT2D eigenvalue weighted by atomic mass is 79.9. The van der Waals surface area contributed by atoms with Gasteiger partial charge in [0.05, 0.1) is 5.69 Å². The molecule has 6 heteroatoms. The summed E-state index contributed by atoms with van der Waals surface area (Å²) >= 11 is 3.28. The molecule has 98 valence electrons. The molecule has 1 aromatic rings. The first-order chi connectivity index (χ1) is 8.59. The second kappa shape index (κ2) is 5.67. The lowest BCUT2D eigenvalue weighted by Crippen LogP contribution is -2.50. The minimum Gasteiger partial charge on any atom is -0.322 e. The summed E-state index contributed by atoms with van der Waals surface area (Å²) in [4.78, 5) is 15.3. The van der Waals surface area contributed by atoms with Crippen molar-refractivity contribution < 1.29 is 9.18 Å². The lowest BCUT2D eigenvalue weighted by molar-refractivity contribution is 0.198. The molecule has 0 unspecified atom stereocenters. The number of hydrogen-bond donors (Lipinski definition) is 1. The smallest absolute Gasteiger partial charge is 0.322 e. The highest BCUT2D eigenvalue weighted by Crippen LogP contribution is 2.23. The number of piperazine rings is 1. The number of nitrogens with zero attached hydrogens (tertiary/aromatic N) is 2. The quantitative estimate of drug-likeness (QED) is 0.861. The average Bonchev–Trinajstić information content (AvgIpc) is 2.41. The van der Waals surface area contributed by atoms with Gasteiger partial charge in [0.2, 0.25) is 0 Å². The zero-order valence-corrected chi connectivity index (χ0v) is 11.7. The molecule has 0 atom stereocenters. The molecule has 1 N–H and O–H groups in total. The van der Waals surface area contributed by atoms with Gasteiger partial charge in [0.25, 0.3) is 0 Å². The standard InChI is InChI=1S/C12H15BrFN3O/c1-16(11-8-9(13)2-3-10(11)14)12(18)17-6-4-15-5-7-17/h2-3,8,15H,4-7H2,1H3. The first-order valence-corrected chi connectivity index (χ1v) is 6.57. The molecule has 1 fully saturated rings. The first kappa shape index (κ1) is 13.3. The minimum atomic E-state index is -0.399. The number of nitrogens with one attached hydrogen (secondary N) is 1. The van der Waals surface area contributed by atoms with E-state index < -0.39 is 5.82 Å². The molecule has 0 spiro atoms. The van der Waals surface area contributed by atoms with Crippen LogP contribution in [0.2, 0.25) is 0 Å². The Balaban J connectivity index is 2.16. The van der Waals surface area contributed by atoms with Crippen molar-refractivity contribution in [1.82, 2.24) is 10.2 Å². The Morgan fingerprint density at radius 3 is 2.78 bits per heavy atom. The fraction of sp³-hybridized carbons (Fsp3) is 0.417. The lowest BCUT2D eigenvalue weighted by Gasteiger charge is -2.31. The first-order valence-electron chi connectivity index (χ1n) is 5.78. The van der Waals surface area contributed by atoms with Crippen LogP contribution >= 0.6 is 15.9 Å². The van der Waals surface area contributed by atoms with Crippen LogP contribution in [0.15, 0.2) is 22.7 Å². The molecule has 0 radical (unpaired) electrons. The predicted molar refractivity (Wildman–Crippen MR) is 72.3 cm³/mol. The average molecular weight is 316 g/mol. The van der Waals surface area contributed by atoms with Crippen LogP contribution in [0.5, 0.6) is 0 Å². The van der Waals surface area contributed by atoms with Gasteiger partial charge < -0.3 is 10.2 Å². The molecule has 0 aromatic heterocycles. The third kappa shape index (κ3) is 2.81. The van der Waals surface area contributed by atoms with E-state index in [1.807, 2.05) is 0 Å². The van der Waals surface area contributed by atoms with Crippen molar-refractivity contribution in [2.75, 3.05) is 38.1 Å². The Morgan fingerprint density at radius 2 is 2.11 bits per heavy atom. The van der Waals surface area contributed by atoms with E-state index in [0.29, 0.717) is 13.1 Å². The molecule has 1 aromatic carbocycles. The summed E-state index contributed by atoms with van der Waals surface area (Å²) in [6.45, 7) is 2.86. The number of rotatable bonds is 1. The third-order valence-corrected chi connectivity index (χ3v) is 3.44. The van der Waals surface area contributed by atoms with E-state index in [1.54, 1.807) is 24.1 Å². The zero-order valence-electron chi connectivity index (χ0n) is 10.1. The summed E-state index contributed by atoms with van der Waals surface area (Å²) < 4.78 is 14.5. The van der Waals surface area contributed by atoms with Crippen LogP contribution in [0.3, 0.4) is 0 Å². The summed E-state index contributed by atoms with van der Waals surface area (Å²) in [5.74, 6) is -0.399. The van der Waals surface area contributed by atoms with Crippen LogP contribution in [0, 0.1) is 5.82 Å².